The minimum absolute atomic E-state index is 0.703. The Morgan fingerprint density at radius 3 is 2.47 bits per heavy atom. The predicted molar refractivity (Wildman–Crippen MR) is 70.0 cm³/mol. The second-order valence-corrected chi connectivity index (χ2v) is 3.93. The fourth-order valence-corrected chi connectivity index (χ4v) is 1.87. The van der Waals surface area contributed by atoms with Crippen LogP contribution in [0.2, 0.25) is 0 Å². The minimum Gasteiger partial charge on any atom is -0.316 e. The van der Waals surface area contributed by atoms with Gasteiger partial charge in [0, 0.05) is 12.1 Å². The molecule has 0 unspecified atom stereocenters. The Kier molecular flexibility index (Phi) is 3.68. The minimum atomic E-state index is 0.703. The van der Waals surface area contributed by atoms with Crippen molar-refractivity contribution in [3.8, 4) is 11.1 Å². The molecule has 2 aromatic rings. The summed E-state index contributed by atoms with van der Waals surface area (Å²) in [6.07, 6.45) is 0.904. The smallest absolute Gasteiger partial charge is 0.150 e. The number of hydrogen-bond acceptors (Lipinski definition) is 2. The van der Waals surface area contributed by atoms with E-state index in [1.807, 2.05) is 37.4 Å². The Labute approximate surface area is 101 Å². The van der Waals surface area contributed by atoms with Gasteiger partial charge in [0.05, 0.1) is 0 Å². The maximum atomic E-state index is 10.9. The number of carbonyl (C=O) groups is 1. The van der Waals surface area contributed by atoms with Crippen molar-refractivity contribution in [2.45, 2.75) is 6.54 Å². The average Bonchev–Trinajstić information content (AvgIpc) is 2.40. The van der Waals surface area contributed by atoms with Gasteiger partial charge in [-0.2, -0.15) is 0 Å². The summed E-state index contributed by atoms with van der Waals surface area (Å²) >= 11 is 0. The SMILES string of the molecule is CNCc1cc(-c2ccccc2)ccc1C=O. The maximum Gasteiger partial charge on any atom is 0.150 e. The van der Waals surface area contributed by atoms with Crippen molar-refractivity contribution in [3.05, 3.63) is 59.7 Å². The summed E-state index contributed by atoms with van der Waals surface area (Å²) in [5.74, 6) is 0. The molecule has 2 rings (SSSR count). The molecule has 0 atom stereocenters. The van der Waals surface area contributed by atoms with Crippen LogP contribution in [-0.2, 0) is 6.54 Å². The van der Waals surface area contributed by atoms with Gasteiger partial charge in [0.2, 0.25) is 0 Å². The van der Waals surface area contributed by atoms with E-state index in [2.05, 4.69) is 23.5 Å². The topological polar surface area (TPSA) is 29.1 Å². The Hall–Kier alpha value is -1.93. The van der Waals surface area contributed by atoms with Crippen molar-refractivity contribution < 1.29 is 4.79 Å². The number of nitrogens with one attached hydrogen (secondary N) is 1. The highest BCUT2D eigenvalue weighted by molar-refractivity contribution is 5.79. The number of hydrogen-bond donors (Lipinski definition) is 1. The lowest BCUT2D eigenvalue weighted by molar-refractivity contribution is 0.112. The number of rotatable bonds is 4. The van der Waals surface area contributed by atoms with Crippen molar-refractivity contribution in [2.24, 2.45) is 0 Å². The first-order chi connectivity index (χ1) is 8.35. The third kappa shape index (κ3) is 2.60. The van der Waals surface area contributed by atoms with Crippen molar-refractivity contribution >= 4 is 6.29 Å². The fraction of sp³-hybridized carbons (Fsp3) is 0.133. The third-order valence-corrected chi connectivity index (χ3v) is 2.74. The van der Waals surface area contributed by atoms with Gasteiger partial charge in [0.1, 0.15) is 6.29 Å². The van der Waals surface area contributed by atoms with E-state index in [1.165, 1.54) is 5.56 Å². The first kappa shape index (κ1) is 11.6. The van der Waals surface area contributed by atoms with E-state index in [1.54, 1.807) is 0 Å². The molecule has 2 aromatic carbocycles. The normalized spacial score (nSPS) is 10.2. The second-order valence-electron chi connectivity index (χ2n) is 3.93. The van der Waals surface area contributed by atoms with Crippen LogP contribution in [0.5, 0.6) is 0 Å². The monoisotopic (exact) mass is 225 g/mol. The lowest BCUT2D eigenvalue weighted by atomic mass is 9.99. The van der Waals surface area contributed by atoms with Crippen LogP contribution in [0.4, 0.5) is 0 Å². The fourth-order valence-electron chi connectivity index (χ4n) is 1.87. The van der Waals surface area contributed by atoms with Crippen LogP contribution in [0, 0.1) is 0 Å². The van der Waals surface area contributed by atoms with Gasteiger partial charge in [0.15, 0.2) is 0 Å². The zero-order valence-corrected chi connectivity index (χ0v) is 9.81. The molecular formula is C15H15NO. The molecule has 2 heteroatoms. The van der Waals surface area contributed by atoms with Crippen LogP contribution in [0.1, 0.15) is 15.9 Å². The van der Waals surface area contributed by atoms with E-state index in [9.17, 15) is 4.79 Å². The van der Waals surface area contributed by atoms with Gasteiger partial charge in [-0.05, 0) is 29.8 Å². The van der Waals surface area contributed by atoms with Crippen molar-refractivity contribution in [2.75, 3.05) is 7.05 Å². The van der Waals surface area contributed by atoms with E-state index in [-0.39, 0.29) is 0 Å². The summed E-state index contributed by atoms with van der Waals surface area (Å²) in [4.78, 5) is 10.9. The Balaban J connectivity index is 2.43. The molecule has 0 spiro atoms. The van der Waals surface area contributed by atoms with Crippen LogP contribution < -0.4 is 5.32 Å². The van der Waals surface area contributed by atoms with Gasteiger partial charge in [-0.15, -0.1) is 0 Å². The van der Waals surface area contributed by atoms with Crippen molar-refractivity contribution in [3.63, 3.8) is 0 Å². The number of benzene rings is 2. The highest BCUT2D eigenvalue weighted by Crippen LogP contribution is 2.21. The summed E-state index contributed by atoms with van der Waals surface area (Å²) in [6.45, 7) is 0.703. The highest BCUT2D eigenvalue weighted by atomic mass is 16.1. The van der Waals surface area contributed by atoms with Crippen LogP contribution in [0.3, 0.4) is 0 Å². The lowest BCUT2D eigenvalue weighted by Crippen LogP contribution is -2.07. The van der Waals surface area contributed by atoms with Gasteiger partial charge in [-0.1, -0.05) is 42.5 Å². The zero-order valence-electron chi connectivity index (χ0n) is 9.81. The molecule has 2 nitrogen and oxygen atoms in total. The zero-order chi connectivity index (χ0) is 12.1. The van der Waals surface area contributed by atoms with E-state index in [0.29, 0.717) is 6.54 Å². The molecule has 0 saturated heterocycles. The van der Waals surface area contributed by atoms with E-state index in [0.717, 1.165) is 23.0 Å². The Morgan fingerprint density at radius 2 is 1.82 bits per heavy atom. The molecule has 0 heterocycles. The number of aldehydes is 1. The Morgan fingerprint density at radius 1 is 1.06 bits per heavy atom. The van der Waals surface area contributed by atoms with Crippen LogP contribution in [0.15, 0.2) is 48.5 Å². The molecule has 0 aliphatic heterocycles. The van der Waals surface area contributed by atoms with Gasteiger partial charge in [-0.3, -0.25) is 4.79 Å². The average molecular weight is 225 g/mol. The molecule has 17 heavy (non-hydrogen) atoms. The lowest BCUT2D eigenvalue weighted by Gasteiger charge is -2.08. The molecule has 0 aliphatic carbocycles. The highest BCUT2D eigenvalue weighted by Gasteiger charge is 2.03. The van der Waals surface area contributed by atoms with E-state index in [4.69, 9.17) is 0 Å². The van der Waals surface area contributed by atoms with Crippen LogP contribution in [0.25, 0.3) is 11.1 Å². The molecule has 0 amide bonds. The molecule has 0 aliphatic rings. The summed E-state index contributed by atoms with van der Waals surface area (Å²) in [6, 6.07) is 16.1. The molecule has 0 saturated carbocycles. The first-order valence-corrected chi connectivity index (χ1v) is 5.63. The van der Waals surface area contributed by atoms with E-state index < -0.39 is 0 Å². The largest absolute Gasteiger partial charge is 0.316 e. The molecule has 1 N–H and O–H groups in total. The molecule has 0 radical (unpaired) electrons. The van der Waals surface area contributed by atoms with E-state index >= 15 is 0 Å². The molecule has 86 valence electrons. The molecular weight excluding hydrogens is 210 g/mol. The molecule has 0 fully saturated rings. The predicted octanol–water partition coefficient (Wildman–Crippen LogP) is 2.89. The summed E-state index contributed by atoms with van der Waals surface area (Å²) < 4.78 is 0. The second kappa shape index (κ2) is 5.41. The molecule has 0 aromatic heterocycles. The van der Waals surface area contributed by atoms with Gasteiger partial charge in [-0.25, -0.2) is 0 Å². The Bertz CT molecular complexity index is 506. The maximum absolute atomic E-state index is 10.9. The summed E-state index contributed by atoms with van der Waals surface area (Å²) in [5.41, 5.74) is 4.09. The van der Waals surface area contributed by atoms with Gasteiger partial charge >= 0.3 is 0 Å². The summed E-state index contributed by atoms with van der Waals surface area (Å²) in [5, 5.41) is 3.08. The molecule has 0 bridgehead atoms. The van der Waals surface area contributed by atoms with Gasteiger partial charge < -0.3 is 5.32 Å². The van der Waals surface area contributed by atoms with Crippen LogP contribution in [-0.4, -0.2) is 13.3 Å². The van der Waals surface area contributed by atoms with Crippen molar-refractivity contribution in [1.29, 1.82) is 0 Å². The van der Waals surface area contributed by atoms with Crippen molar-refractivity contribution in [1.82, 2.24) is 5.32 Å². The standard InChI is InChI=1S/C15H15NO/c1-16-10-15-9-13(7-8-14(15)11-17)12-5-3-2-4-6-12/h2-9,11,16H,10H2,1H3. The quantitative estimate of drug-likeness (QED) is 0.811. The number of carbonyl (C=O) groups excluding carboxylic acids is 1. The first-order valence-electron chi connectivity index (χ1n) is 5.63. The summed E-state index contributed by atoms with van der Waals surface area (Å²) in [7, 11) is 1.88. The van der Waals surface area contributed by atoms with Crippen LogP contribution >= 0.6 is 0 Å². The van der Waals surface area contributed by atoms with Gasteiger partial charge in [0.25, 0.3) is 0 Å². The third-order valence-electron chi connectivity index (χ3n) is 2.74.